The molecule has 0 radical (unpaired) electrons. The number of likely N-dealkylation sites (N-methyl/N-ethyl adjacent to an activating group) is 1. The molecule has 1 aromatic rings. The summed E-state index contributed by atoms with van der Waals surface area (Å²) in [4.78, 5) is 13.9. The molecule has 1 unspecified atom stereocenters. The van der Waals surface area contributed by atoms with E-state index in [9.17, 15) is 13.2 Å². The van der Waals surface area contributed by atoms with Crippen molar-refractivity contribution in [2.45, 2.75) is 10.8 Å². The van der Waals surface area contributed by atoms with Crippen LogP contribution in [0.3, 0.4) is 0 Å². The Kier molecular flexibility index (Phi) is 4.75. The van der Waals surface area contributed by atoms with Crippen molar-refractivity contribution in [1.29, 1.82) is 0 Å². The number of carbonyl (C=O) groups excluding carboxylic acids is 1. The molecule has 1 aliphatic rings. The fraction of sp³-hybridized carbons (Fsp3) is 0.462. The molecule has 8 heteroatoms. The van der Waals surface area contributed by atoms with Crippen LogP contribution in [0, 0.1) is 0 Å². The van der Waals surface area contributed by atoms with Crippen LogP contribution in [0.2, 0.25) is 0 Å². The molecule has 1 atom stereocenters. The number of hydrogen-bond donors (Lipinski definition) is 0. The summed E-state index contributed by atoms with van der Waals surface area (Å²) in [5.41, 5.74) is 0.547. The molecule has 6 nitrogen and oxygen atoms in total. The molecule has 1 aliphatic heterocycles. The number of fused-ring (bicyclic) bond motifs is 1. The Morgan fingerprint density at radius 1 is 1.52 bits per heavy atom. The second-order valence-electron chi connectivity index (χ2n) is 4.75. The number of hydrogen-bond acceptors (Lipinski definition) is 5. The molecular formula is C13H16ClNO5S. The number of halogens is 1. The van der Waals surface area contributed by atoms with Gasteiger partial charge in [0, 0.05) is 36.9 Å². The smallest absolute Gasteiger partial charge is 0.261 e. The molecule has 0 aromatic heterocycles. The summed E-state index contributed by atoms with van der Waals surface area (Å²) < 4.78 is 33.2. The number of ether oxygens (including phenoxy) is 2. The Morgan fingerprint density at radius 3 is 2.86 bits per heavy atom. The van der Waals surface area contributed by atoms with Gasteiger partial charge in [-0.15, -0.1) is 0 Å². The number of rotatable bonds is 5. The first-order valence-electron chi connectivity index (χ1n) is 6.30. The number of carbonyl (C=O) groups is 1. The van der Waals surface area contributed by atoms with Gasteiger partial charge in [0.25, 0.3) is 9.05 Å². The van der Waals surface area contributed by atoms with Crippen LogP contribution in [-0.2, 0) is 18.6 Å². The van der Waals surface area contributed by atoms with Gasteiger partial charge < -0.3 is 14.4 Å². The Balaban J connectivity index is 2.26. The van der Waals surface area contributed by atoms with Gasteiger partial charge in [-0.2, -0.15) is 0 Å². The minimum Gasteiger partial charge on any atom is -0.492 e. The van der Waals surface area contributed by atoms with E-state index in [1.54, 1.807) is 14.2 Å². The summed E-state index contributed by atoms with van der Waals surface area (Å²) in [5, 5.41) is 0. The Labute approximate surface area is 128 Å². The fourth-order valence-corrected chi connectivity index (χ4v) is 2.94. The maximum absolute atomic E-state index is 12.4. The zero-order valence-corrected chi connectivity index (χ0v) is 13.3. The van der Waals surface area contributed by atoms with Gasteiger partial charge in [-0.25, -0.2) is 8.42 Å². The van der Waals surface area contributed by atoms with Crippen molar-refractivity contribution in [2.75, 3.05) is 33.9 Å². The van der Waals surface area contributed by atoms with Gasteiger partial charge in [0.15, 0.2) is 0 Å². The zero-order chi connectivity index (χ0) is 15.6. The van der Waals surface area contributed by atoms with Crippen molar-refractivity contribution in [2.24, 2.45) is 0 Å². The van der Waals surface area contributed by atoms with Crippen molar-refractivity contribution in [1.82, 2.24) is 4.90 Å². The zero-order valence-electron chi connectivity index (χ0n) is 11.7. The Morgan fingerprint density at radius 2 is 2.24 bits per heavy atom. The summed E-state index contributed by atoms with van der Waals surface area (Å²) in [6.45, 7) is 1.07. The highest BCUT2D eigenvalue weighted by atomic mass is 35.7. The normalized spacial score (nSPS) is 17.2. The highest BCUT2D eigenvalue weighted by Crippen LogP contribution is 2.37. The van der Waals surface area contributed by atoms with Crippen molar-refractivity contribution in [3.05, 3.63) is 23.8 Å². The van der Waals surface area contributed by atoms with Gasteiger partial charge >= 0.3 is 0 Å². The van der Waals surface area contributed by atoms with Gasteiger partial charge in [-0.1, -0.05) is 0 Å². The predicted octanol–water partition coefficient (Wildman–Crippen LogP) is 1.19. The minimum absolute atomic E-state index is 0.0363. The van der Waals surface area contributed by atoms with E-state index in [1.165, 1.54) is 23.1 Å². The van der Waals surface area contributed by atoms with E-state index in [4.69, 9.17) is 20.2 Å². The van der Waals surface area contributed by atoms with E-state index in [1.807, 2.05) is 0 Å². The highest BCUT2D eigenvalue weighted by Gasteiger charge is 2.33. The van der Waals surface area contributed by atoms with Crippen LogP contribution < -0.4 is 4.74 Å². The van der Waals surface area contributed by atoms with Gasteiger partial charge in [-0.3, -0.25) is 4.79 Å². The first-order chi connectivity index (χ1) is 9.84. The molecular weight excluding hydrogens is 318 g/mol. The molecule has 2 rings (SSSR count). The summed E-state index contributed by atoms with van der Waals surface area (Å²) in [6, 6.07) is 4.28. The van der Waals surface area contributed by atoms with E-state index in [2.05, 4.69) is 0 Å². The van der Waals surface area contributed by atoms with Crippen LogP contribution in [0.15, 0.2) is 23.1 Å². The van der Waals surface area contributed by atoms with Crippen molar-refractivity contribution in [3.8, 4) is 5.75 Å². The summed E-state index contributed by atoms with van der Waals surface area (Å²) in [7, 11) is 4.73. The predicted molar refractivity (Wildman–Crippen MR) is 77.2 cm³/mol. The molecule has 0 saturated carbocycles. The van der Waals surface area contributed by atoms with Gasteiger partial charge in [0.2, 0.25) is 5.91 Å². The van der Waals surface area contributed by atoms with Crippen LogP contribution in [0.5, 0.6) is 5.75 Å². The van der Waals surface area contributed by atoms with Crippen LogP contribution in [-0.4, -0.2) is 53.1 Å². The van der Waals surface area contributed by atoms with Crippen LogP contribution in [0.25, 0.3) is 0 Å². The number of benzene rings is 1. The largest absolute Gasteiger partial charge is 0.492 e. The fourth-order valence-electron chi connectivity index (χ4n) is 2.15. The first kappa shape index (κ1) is 16.1. The topological polar surface area (TPSA) is 72.9 Å². The lowest BCUT2D eigenvalue weighted by atomic mass is 10.00. The van der Waals surface area contributed by atoms with E-state index < -0.39 is 15.0 Å². The van der Waals surface area contributed by atoms with Gasteiger partial charge in [0.05, 0.1) is 11.5 Å². The Bertz CT molecular complexity index is 646. The lowest BCUT2D eigenvalue weighted by Crippen LogP contribution is -2.34. The molecule has 21 heavy (non-hydrogen) atoms. The number of methoxy groups -OCH3 is 1. The third-order valence-corrected chi connectivity index (χ3v) is 4.70. The molecule has 0 bridgehead atoms. The molecule has 0 spiro atoms. The maximum atomic E-state index is 12.4. The second kappa shape index (κ2) is 6.21. The van der Waals surface area contributed by atoms with Crippen molar-refractivity contribution < 1.29 is 22.7 Å². The van der Waals surface area contributed by atoms with Gasteiger partial charge in [-0.05, 0) is 18.2 Å². The molecule has 0 N–H and O–H groups in total. The minimum atomic E-state index is -3.84. The van der Waals surface area contributed by atoms with Crippen molar-refractivity contribution in [3.63, 3.8) is 0 Å². The average Bonchev–Trinajstić information content (AvgIpc) is 2.85. The van der Waals surface area contributed by atoms with E-state index in [-0.39, 0.29) is 17.4 Å². The average molecular weight is 334 g/mol. The number of nitrogens with zero attached hydrogens (tertiary/aromatic N) is 1. The van der Waals surface area contributed by atoms with E-state index in [0.29, 0.717) is 24.5 Å². The third kappa shape index (κ3) is 3.48. The molecule has 1 aromatic carbocycles. The first-order valence-corrected chi connectivity index (χ1v) is 8.61. The molecule has 0 saturated heterocycles. The third-order valence-electron chi connectivity index (χ3n) is 3.35. The maximum Gasteiger partial charge on any atom is 0.261 e. The van der Waals surface area contributed by atoms with E-state index in [0.717, 1.165) is 0 Å². The second-order valence-corrected chi connectivity index (χ2v) is 7.32. The highest BCUT2D eigenvalue weighted by molar-refractivity contribution is 8.13. The monoisotopic (exact) mass is 333 g/mol. The molecule has 116 valence electrons. The summed E-state index contributed by atoms with van der Waals surface area (Å²) >= 11 is 0. The standard InChI is InChI=1S/C13H16ClNO5S/c1-15(5-6-19-2)13(16)11-8-20-12-4-3-9(7-10(11)12)21(14,17)18/h3-4,7,11H,5-6,8H2,1-2H3. The molecule has 0 aliphatic carbocycles. The van der Waals surface area contributed by atoms with Crippen LogP contribution in [0.4, 0.5) is 0 Å². The van der Waals surface area contributed by atoms with Crippen LogP contribution in [0.1, 0.15) is 11.5 Å². The lowest BCUT2D eigenvalue weighted by Gasteiger charge is -2.20. The quantitative estimate of drug-likeness (QED) is 0.757. The van der Waals surface area contributed by atoms with Crippen LogP contribution >= 0.6 is 10.7 Å². The van der Waals surface area contributed by atoms with E-state index >= 15 is 0 Å². The lowest BCUT2D eigenvalue weighted by molar-refractivity contribution is -0.132. The van der Waals surface area contributed by atoms with Crippen molar-refractivity contribution >= 4 is 25.6 Å². The Hall–Kier alpha value is -1.31. The van der Waals surface area contributed by atoms with Gasteiger partial charge in [0.1, 0.15) is 18.3 Å². The summed E-state index contributed by atoms with van der Waals surface area (Å²) in [5.74, 6) is -0.160. The molecule has 1 heterocycles. The summed E-state index contributed by atoms with van der Waals surface area (Å²) in [6.07, 6.45) is 0. The molecule has 1 amide bonds. The SMILES string of the molecule is COCCN(C)C(=O)C1COc2ccc(S(=O)(=O)Cl)cc21. The number of amides is 1. The molecule has 0 fully saturated rings.